The Morgan fingerprint density at radius 3 is 2.75 bits per heavy atom. The fourth-order valence-corrected chi connectivity index (χ4v) is 2.39. The monoisotopic (exact) mass is 214 g/mol. The van der Waals surface area contributed by atoms with Crippen LogP contribution in [0.3, 0.4) is 0 Å². The van der Waals surface area contributed by atoms with Crippen molar-refractivity contribution >= 4 is 0 Å². The Morgan fingerprint density at radius 2 is 2.12 bits per heavy atom. The van der Waals surface area contributed by atoms with Crippen LogP contribution >= 0.6 is 0 Å². The first-order valence-electron chi connectivity index (χ1n) is 6.02. The van der Waals surface area contributed by atoms with Gasteiger partial charge in [-0.25, -0.2) is 0 Å². The third-order valence-electron chi connectivity index (χ3n) is 3.26. The van der Waals surface area contributed by atoms with Crippen molar-refractivity contribution in [1.82, 2.24) is 5.32 Å². The molecular formula is C14H18N2. The Balaban J connectivity index is 2.07. The minimum atomic E-state index is -0.150. The SMILES string of the molecule is Cc1cccc(C(C#N)NC2CCCC2)c1. The number of aryl methyl sites for hydroxylation is 1. The average Bonchev–Trinajstić information content (AvgIpc) is 2.78. The van der Waals surface area contributed by atoms with Gasteiger partial charge in [-0.15, -0.1) is 0 Å². The van der Waals surface area contributed by atoms with Gasteiger partial charge in [-0.1, -0.05) is 42.7 Å². The second kappa shape index (κ2) is 5.14. The van der Waals surface area contributed by atoms with Crippen LogP contribution < -0.4 is 5.32 Å². The lowest BCUT2D eigenvalue weighted by Crippen LogP contribution is -2.29. The van der Waals surface area contributed by atoms with E-state index in [0.29, 0.717) is 6.04 Å². The molecule has 1 saturated carbocycles. The lowest BCUT2D eigenvalue weighted by Gasteiger charge is -2.17. The number of benzene rings is 1. The lowest BCUT2D eigenvalue weighted by atomic mass is 10.0. The van der Waals surface area contributed by atoms with Crippen molar-refractivity contribution in [3.8, 4) is 6.07 Å². The summed E-state index contributed by atoms with van der Waals surface area (Å²) in [6.45, 7) is 2.06. The number of nitrogens with one attached hydrogen (secondary N) is 1. The molecule has 0 aromatic heterocycles. The second-order valence-electron chi connectivity index (χ2n) is 4.62. The molecule has 2 rings (SSSR count). The maximum atomic E-state index is 9.22. The average molecular weight is 214 g/mol. The highest BCUT2D eigenvalue weighted by atomic mass is 15.0. The number of nitriles is 1. The predicted molar refractivity (Wildman–Crippen MR) is 64.9 cm³/mol. The van der Waals surface area contributed by atoms with Crippen LogP contribution in [0.1, 0.15) is 42.9 Å². The molecule has 1 N–H and O–H groups in total. The molecule has 2 nitrogen and oxygen atoms in total. The quantitative estimate of drug-likeness (QED) is 0.839. The summed E-state index contributed by atoms with van der Waals surface area (Å²) in [6, 6.07) is 10.9. The minimum Gasteiger partial charge on any atom is -0.295 e. The highest BCUT2D eigenvalue weighted by Gasteiger charge is 2.19. The molecular weight excluding hydrogens is 196 g/mol. The van der Waals surface area contributed by atoms with Gasteiger partial charge in [-0.2, -0.15) is 5.26 Å². The number of nitrogens with zero attached hydrogens (tertiary/aromatic N) is 1. The molecule has 0 amide bonds. The molecule has 84 valence electrons. The summed E-state index contributed by atoms with van der Waals surface area (Å²) in [7, 11) is 0. The fraction of sp³-hybridized carbons (Fsp3) is 0.500. The van der Waals surface area contributed by atoms with E-state index in [-0.39, 0.29) is 6.04 Å². The number of hydrogen-bond acceptors (Lipinski definition) is 2. The van der Waals surface area contributed by atoms with Gasteiger partial charge in [-0.3, -0.25) is 5.32 Å². The molecule has 1 unspecified atom stereocenters. The van der Waals surface area contributed by atoms with Crippen LogP contribution in [0.25, 0.3) is 0 Å². The summed E-state index contributed by atoms with van der Waals surface area (Å²) < 4.78 is 0. The van der Waals surface area contributed by atoms with Gasteiger partial charge in [0, 0.05) is 6.04 Å². The van der Waals surface area contributed by atoms with Crippen molar-refractivity contribution in [2.75, 3.05) is 0 Å². The van der Waals surface area contributed by atoms with Gasteiger partial charge in [0.1, 0.15) is 6.04 Å². The predicted octanol–water partition coefficient (Wildman–Crippen LogP) is 3.09. The Kier molecular flexibility index (Phi) is 3.58. The Morgan fingerprint density at radius 1 is 1.38 bits per heavy atom. The third-order valence-corrected chi connectivity index (χ3v) is 3.26. The fourth-order valence-electron chi connectivity index (χ4n) is 2.39. The maximum absolute atomic E-state index is 9.22. The van der Waals surface area contributed by atoms with Crippen LogP contribution in [-0.2, 0) is 0 Å². The summed E-state index contributed by atoms with van der Waals surface area (Å²) in [5, 5.41) is 12.7. The maximum Gasteiger partial charge on any atom is 0.121 e. The molecule has 16 heavy (non-hydrogen) atoms. The lowest BCUT2D eigenvalue weighted by molar-refractivity contribution is 0.492. The van der Waals surface area contributed by atoms with Gasteiger partial charge in [-0.05, 0) is 25.3 Å². The topological polar surface area (TPSA) is 35.8 Å². The molecule has 0 radical (unpaired) electrons. The van der Waals surface area contributed by atoms with E-state index >= 15 is 0 Å². The summed E-state index contributed by atoms with van der Waals surface area (Å²) in [5.41, 5.74) is 2.31. The van der Waals surface area contributed by atoms with Crippen molar-refractivity contribution in [3.05, 3.63) is 35.4 Å². The van der Waals surface area contributed by atoms with E-state index in [1.807, 2.05) is 12.1 Å². The zero-order valence-electron chi connectivity index (χ0n) is 9.74. The van der Waals surface area contributed by atoms with E-state index in [1.54, 1.807) is 0 Å². The van der Waals surface area contributed by atoms with E-state index in [0.717, 1.165) is 5.56 Å². The first-order valence-corrected chi connectivity index (χ1v) is 6.02. The number of hydrogen-bond donors (Lipinski definition) is 1. The van der Waals surface area contributed by atoms with E-state index in [9.17, 15) is 5.26 Å². The van der Waals surface area contributed by atoms with Gasteiger partial charge < -0.3 is 0 Å². The van der Waals surface area contributed by atoms with Crippen LogP contribution in [0.4, 0.5) is 0 Å². The van der Waals surface area contributed by atoms with Crippen LogP contribution in [0, 0.1) is 18.3 Å². The Labute approximate surface area is 97.3 Å². The molecule has 2 heteroatoms. The Hall–Kier alpha value is -1.33. The van der Waals surface area contributed by atoms with Crippen molar-refractivity contribution < 1.29 is 0 Å². The molecule has 1 aromatic carbocycles. The van der Waals surface area contributed by atoms with Gasteiger partial charge in [0.15, 0.2) is 0 Å². The molecule has 1 aliphatic rings. The molecule has 0 saturated heterocycles. The second-order valence-corrected chi connectivity index (χ2v) is 4.62. The first-order chi connectivity index (χ1) is 7.79. The van der Waals surface area contributed by atoms with E-state index in [1.165, 1.54) is 31.2 Å². The molecule has 0 bridgehead atoms. The smallest absolute Gasteiger partial charge is 0.121 e. The van der Waals surface area contributed by atoms with Gasteiger partial charge in [0.05, 0.1) is 6.07 Å². The Bertz CT molecular complexity index is 386. The highest BCUT2D eigenvalue weighted by Crippen LogP contribution is 2.22. The summed E-state index contributed by atoms with van der Waals surface area (Å²) in [4.78, 5) is 0. The van der Waals surface area contributed by atoms with Crippen LogP contribution in [-0.4, -0.2) is 6.04 Å². The van der Waals surface area contributed by atoms with Gasteiger partial charge >= 0.3 is 0 Å². The molecule has 1 aromatic rings. The third kappa shape index (κ3) is 2.62. The highest BCUT2D eigenvalue weighted by molar-refractivity contribution is 5.28. The molecule has 0 heterocycles. The van der Waals surface area contributed by atoms with Crippen molar-refractivity contribution in [2.24, 2.45) is 0 Å². The van der Waals surface area contributed by atoms with Crippen molar-refractivity contribution in [3.63, 3.8) is 0 Å². The van der Waals surface area contributed by atoms with Crippen molar-refractivity contribution in [1.29, 1.82) is 5.26 Å². The largest absolute Gasteiger partial charge is 0.295 e. The van der Waals surface area contributed by atoms with E-state index in [2.05, 4.69) is 30.4 Å². The molecule has 1 fully saturated rings. The van der Waals surface area contributed by atoms with Crippen molar-refractivity contribution in [2.45, 2.75) is 44.7 Å². The molecule has 0 spiro atoms. The zero-order valence-corrected chi connectivity index (χ0v) is 9.74. The summed E-state index contributed by atoms with van der Waals surface area (Å²) >= 11 is 0. The zero-order chi connectivity index (χ0) is 11.4. The molecule has 0 aliphatic heterocycles. The summed E-state index contributed by atoms with van der Waals surface area (Å²) in [6.07, 6.45) is 5.02. The standard InChI is InChI=1S/C14H18N2/c1-11-5-4-6-12(9-11)14(10-15)16-13-7-2-3-8-13/h4-6,9,13-14,16H,2-3,7-8H2,1H3. The normalized spacial score (nSPS) is 18.2. The van der Waals surface area contributed by atoms with Gasteiger partial charge in [0.25, 0.3) is 0 Å². The van der Waals surface area contributed by atoms with Gasteiger partial charge in [0.2, 0.25) is 0 Å². The molecule has 1 aliphatic carbocycles. The van der Waals surface area contributed by atoms with E-state index in [4.69, 9.17) is 0 Å². The molecule has 1 atom stereocenters. The minimum absolute atomic E-state index is 0.150. The van der Waals surface area contributed by atoms with E-state index < -0.39 is 0 Å². The van der Waals surface area contributed by atoms with Crippen LogP contribution in [0.15, 0.2) is 24.3 Å². The first kappa shape index (κ1) is 11.2. The van der Waals surface area contributed by atoms with Crippen LogP contribution in [0.2, 0.25) is 0 Å². The summed E-state index contributed by atoms with van der Waals surface area (Å²) in [5.74, 6) is 0. The number of rotatable bonds is 3. The van der Waals surface area contributed by atoms with Crippen LogP contribution in [0.5, 0.6) is 0 Å².